The molecule has 4 heterocycles. The number of aromatic nitrogens is 5. The van der Waals surface area contributed by atoms with Crippen LogP contribution in [0.2, 0.25) is 0 Å². The second-order valence-electron chi connectivity index (χ2n) is 7.07. The molecule has 0 aliphatic rings. The van der Waals surface area contributed by atoms with Crippen molar-refractivity contribution in [3.8, 4) is 11.3 Å². The van der Waals surface area contributed by atoms with Crippen molar-refractivity contribution >= 4 is 33.8 Å². The summed E-state index contributed by atoms with van der Waals surface area (Å²) in [6, 6.07) is 5.34. The van der Waals surface area contributed by atoms with Gasteiger partial charge < -0.3 is 15.7 Å². The van der Waals surface area contributed by atoms with Crippen molar-refractivity contribution in [1.82, 2.24) is 24.3 Å². The molecule has 0 saturated heterocycles. The number of aryl methyl sites for hydroxylation is 1. The highest BCUT2D eigenvalue weighted by Crippen LogP contribution is 2.32. The summed E-state index contributed by atoms with van der Waals surface area (Å²) in [5, 5.41) is 0. The molecule has 0 atom stereocenters. The van der Waals surface area contributed by atoms with E-state index in [9.17, 15) is 22.8 Å². The zero-order valence-electron chi connectivity index (χ0n) is 15.8. The van der Waals surface area contributed by atoms with Gasteiger partial charge >= 0.3 is 6.18 Å². The van der Waals surface area contributed by atoms with Crippen LogP contribution in [0.25, 0.3) is 39.1 Å². The molecule has 0 aliphatic carbocycles. The minimum absolute atomic E-state index is 0.0215. The Morgan fingerprint density at radius 2 is 2.00 bits per heavy atom. The summed E-state index contributed by atoms with van der Waals surface area (Å²) in [6.45, 7) is 1.80. The summed E-state index contributed by atoms with van der Waals surface area (Å²) in [5.41, 5.74) is 7.06. The zero-order valence-corrected chi connectivity index (χ0v) is 15.8. The molecule has 0 saturated carbocycles. The van der Waals surface area contributed by atoms with Gasteiger partial charge in [0.15, 0.2) is 5.65 Å². The molecule has 11 heteroatoms. The lowest BCUT2D eigenvalue weighted by molar-refractivity contribution is -0.141. The number of benzene rings is 1. The van der Waals surface area contributed by atoms with Crippen molar-refractivity contribution in [3.05, 3.63) is 63.7 Å². The average Bonchev–Trinajstić information content (AvgIpc) is 3.25. The molecule has 0 fully saturated rings. The van der Waals surface area contributed by atoms with E-state index in [0.29, 0.717) is 11.2 Å². The molecule has 0 aliphatic heterocycles. The van der Waals surface area contributed by atoms with Crippen LogP contribution in [0.4, 0.5) is 13.2 Å². The number of nitrogens with two attached hydrogens (primary N) is 1. The number of carbonyl (C=O) groups excluding carboxylic acids is 1. The lowest BCUT2D eigenvalue weighted by Crippen LogP contribution is -2.11. The van der Waals surface area contributed by atoms with Crippen molar-refractivity contribution in [1.29, 1.82) is 0 Å². The maximum absolute atomic E-state index is 13.0. The van der Waals surface area contributed by atoms with Crippen molar-refractivity contribution in [2.45, 2.75) is 13.1 Å². The Kier molecular flexibility index (Phi) is 3.75. The fraction of sp³-hybridized carbons (Fsp3) is 0.100. The number of aromatic amines is 2. The van der Waals surface area contributed by atoms with E-state index in [4.69, 9.17) is 5.73 Å². The van der Waals surface area contributed by atoms with Gasteiger partial charge in [0.05, 0.1) is 16.7 Å². The van der Waals surface area contributed by atoms with Crippen LogP contribution in [-0.4, -0.2) is 30.2 Å². The maximum Gasteiger partial charge on any atom is 0.433 e. The van der Waals surface area contributed by atoms with E-state index in [0.717, 1.165) is 17.8 Å². The third kappa shape index (κ3) is 2.70. The highest BCUT2D eigenvalue weighted by molar-refractivity contribution is 6.12. The fourth-order valence-electron chi connectivity index (χ4n) is 3.75. The molecular formula is C20H13F3N6O2. The van der Waals surface area contributed by atoms with E-state index in [1.165, 1.54) is 18.3 Å². The van der Waals surface area contributed by atoms with Crippen LogP contribution in [0, 0.1) is 6.92 Å². The van der Waals surface area contributed by atoms with Crippen LogP contribution in [0.3, 0.4) is 0 Å². The number of pyridine rings is 1. The van der Waals surface area contributed by atoms with Crippen LogP contribution in [0.1, 0.15) is 21.6 Å². The molecule has 156 valence electrons. The Morgan fingerprint density at radius 3 is 2.71 bits per heavy atom. The number of amides is 1. The SMILES string of the molecule is Cc1ccc(=O)c2nc3c(C(N)=O)c4[nH]c(-c5ccnc(C(F)(F)F)c5)c[nH]c4n3c12. The number of alkyl halides is 3. The number of nitrogens with zero attached hydrogens (tertiary/aromatic N) is 3. The molecule has 0 radical (unpaired) electrons. The number of imidazole rings is 1. The smallest absolute Gasteiger partial charge is 0.365 e. The lowest BCUT2D eigenvalue weighted by atomic mass is 10.1. The Labute approximate surface area is 170 Å². The van der Waals surface area contributed by atoms with Gasteiger partial charge in [-0.1, -0.05) is 6.07 Å². The Balaban J connectivity index is 1.85. The highest BCUT2D eigenvalue weighted by atomic mass is 19.4. The van der Waals surface area contributed by atoms with Gasteiger partial charge in [0.1, 0.15) is 22.4 Å². The molecule has 4 N–H and O–H groups in total. The van der Waals surface area contributed by atoms with Gasteiger partial charge in [-0.15, -0.1) is 0 Å². The van der Waals surface area contributed by atoms with Gasteiger partial charge in [0, 0.05) is 18.0 Å². The van der Waals surface area contributed by atoms with Crippen LogP contribution in [0.5, 0.6) is 0 Å². The first kappa shape index (κ1) is 18.9. The Bertz CT molecular complexity index is 1590. The van der Waals surface area contributed by atoms with Crippen molar-refractivity contribution < 1.29 is 18.0 Å². The lowest BCUT2D eigenvalue weighted by Gasteiger charge is -2.09. The average molecular weight is 426 g/mol. The monoisotopic (exact) mass is 426 g/mol. The van der Waals surface area contributed by atoms with E-state index in [2.05, 4.69) is 19.9 Å². The first-order valence-corrected chi connectivity index (χ1v) is 9.05. The number of nitrogens with one attached hydrogen (secondary N) is 2. The molecule has 4 aromatic heterocycles. The normalized spacial score (nSPS) is 12.3. The van der Waals surface area contributed by atoms with Crippen LogP contribution in [0.15, 0.2) is 41.5 Å². The minimum atomic E-state index is -4.60. The van der Waals surface area contributed by atoms with Crippen LogP contribution >= 0.6 is 0 Å². The molecule has 0 spiro atoms. The zero-order chi connectivity index (χ0) is 22.1. The first-order valence-electron chi connectivity index (χ1n) is 9.05. The summed E-state index contributed by atoms with van der Waals surface area (Å²) in [5.74, 6) is -0.798. The summed E-state index contributed by atoms with van der Waals surface area (Å²) >= 11 is 0. The molecule has 5 aromatic rings. The van der Waals surface area contributed by atoms with Gasteiger partial charge in [0.2, 0.25) is 5.43 Å². The quantitative estimate of drug-likeness (QED) is 0.401. The van der Waals surface area contributed by atoms with Crippen LogP contribution < -0.4 is 11.2 Å². The number of fused-ring (bicyclic) bond motifs is 5. The number of rotatable bonds is 2. The molecule has 0 bridgehead atoms. The second kappa shape index (κ2) is 6.17. The Morgan fingerprint density at radius 1 is 1.23 bits per heavy atom. The van der Waals surface area contributed by atoms with Gasteiger partial charge in [-0.25, -0.2) is 4.98 Å². The van der Waals surface area contributed by atoms with Gasteiger partial charge in [-0.2, -0.15) is 13.2 Å². The van der Waals surface area contributed by atoms with Gasteiger partial charge in [0.25, 0.3) is 5.91 Å². The number of carbonyl (C=O) groups is 1. The summed E-state index contributed by atoms with van der Waals surface area (Å²) in [6.07, 6.45) is -2.09. The van der Waals surface area contributed by atoms with E-state index >= 15 is 0 Å². The van der Waals surface area contributed by atoms with Gasteiger partial charge in [-0.05, 0) is 30.7 Å². The van der Waals surface area contributed by atoms with E-state index in [-0.39, 0.29) is 38.9 Å². The summed E-state index contributed by atoms with van der Waals surface area (Å²) in [7, 11) is 0. The number of H-pyrrole nitrogens is 2. The van der Waals surface area contributed by atoms with Gasteiger partial charge in [-0.3, -0.25) is 19.0 Å². The second-order valence-corrected chi connectivity index (χ2v) is 7.07. The third-order valence-corrected chi connectivity index (χ3v) is 5.12. The van der Waals surface area contributed by atoms with Crippen LogP contribution in [-0.2, 0) is 6.18 Å². The topological polar surface area (TPSA) is 122 Å². The van der Waals surface area contributed by atoms with E-state index < -0.39 is 17.8 Å². The molecule has 31 heavy (non-hydrogen) atoms. The standard InChI is InChI=1S/C20H13F3N6O2/c1-8-2-3-11(30)14-16(8)29-18(28-14)13(17(24)31)15-19(29)26-7-10(27-15)9-4-5-25-12(6-9)20(21,22)23/h2-7,26-27H,1H3,(H2,24,31). The fourth-order valence-corrected chi connectivity index (χ4v) is 3.75. The predicted octanol–water partition coefficient (Wildman–Crippen LogP) is 3.15. The molecule has 8 nitrogen and oxygen atoms in total. The Hall–Kier alpha value is -4.15. The molecular weight excluding hydrogens is 413 g/mol. The highest BCUT2D eigenvalue weighted by Gasteiger charge is 2.32. The number of primary amides is 1. The maximum atomic E-state index is 13.0. The van der Waals surface area contributed by atoms with Crippen molar-refractivity contribution in [2.75, 3.05) is 0 Å². The summed E-state index contributed by atoms with van der Waals surface area (Å²) < 4.78 is 40.7. The molecule has 1 amide bonds. The largest absolute Gasteiger partial charge is 0.433 e. The number of hydrogen-bond donors (Lipinski definition) is 3. The third-order valence-electron chi connectivity index (χ3n) is 5.12. The molecule has 5 rings (SSSR count). The minimum Gasteiger partial charge on any atom is -0.365 e. The number of halogens is 3. The molecule has 1 aromatic carbocycles. The number of hydrogen-bond acceptors (Lipinski definition) is 4. The van der Waals surface area contributed by atoms with Crippen molar-refractivity contribution in [2.24, 2.45) is 5.73 Å². The molecule has 0 unspecified atom stereocenters. The first-order chi connectivity index (χ1) is 14.7. The van der Waals surface area contributed by atoms with E-state index in [1.54, 1.807) is 17.4 Å². The van der Waals surface area contributed by atoms with E-state index in [1.807, 2.05) is 0 Å². The summed E-state index contributed by atoms with van der Waals surface area (Å²) in [4.78, 5) is 38.2. The van der Waals surface area contributed by atoms with Crippen molar-refractivity contribution in [3.63, 3.8) is 0 Å². The predicted molar refractivity (Wildman–Crippen MR) is 107 cm³/mol.